The zero-order valence-corrected chi connectivity index (χ0v) is 11.9. The van der Waals surface area contributed by atoms with Gasteiger partial charge in [0.25, 0.3) is 5.91 Å². The highest BCUT2D eigenvalue weighted by Gasteiger charge is 2.25. The van der Waals surface area contributed by atoms with Crippen LogP contribution in [0, 0.1) is 0 Å². The molecule has 2 amide bonds. The van der Waals surface area contributed by atoms with E-state index in [1.807, 2.05) is 12.1 Å². The van der Waals surface area contributed by atoms with Crippen LogP contribution in [0.5, 0.6) is 0 Å². The van der Waals surface area contributed by atoms with Gasteiger partial charge in [-0.3, -0.25) is 9.59 Å². The monoisotopic (exact) mass is 263 g/mol. The molecule has 5 nitrogen and oxygen atoms in total. The van der Waals surface area contributed by atoms with E-state index in [1.54, 1.807) is 45.0 Å². The second kappa shape index (κ2) is 5.84. The van der Waals surface area contributed by atoms with Gasteiger partial charge < -0.3 is 16.0 Å². The molecule has 1 aromatic carbocycles. The summed E-state index contributed by atoms with van der Waals surface area (Å²) < 4.78 is 0. The highest BCUT2D eigenvalue weighted by molar-refractivity contribution is 5.94. The van der Waals surface area contributed by atoms with Crippen molar-refractivity contribution in [1.82, 2.24) is 10.2 Å². The third-order valence-corrected chi connectivity index (χ3v) is 2.76. The lowest BCUT2D eigenvalue weighted by Gasteiger charge is -2.25. The lowest BCUT2D eigenvalue weighted by Crippen LogP contribution is -2.49. The molecule has 1 aromatic rings. The minimum Gasteiger partial charge on any atom is -0.355 e. The van der Waals surface area contributed by atoms with E-state index in [4.69, 9.17) is 5.73 Å². The summed E-state index contributed by atoms with van der Waals surface area (Å²) in [6, 6.07) is 7.13. The molecule has 0 unspecified atom stereocenters. The van der Waals surface area contributed by atoms with E-state index < -0.39 is 5.54 Å². The van der Waals surface area contributed by atoms with Crippen molar-refractivity contribution in [1.29, 1.82) is 0 Å². The number of nitrogens with two attached hydrogens (primary N) is 1. The van der Waals surface area contributed by atoms with Crippen molar-refractivity contribution in [3.8, 4) is 0 Å². The molecule has 0 aromatic heterocycles. The molecule has 0 aliphatic heterocycles. The highest BCUT2D eigenvalue weighted by atomic mass is 16.2. The SMILES string of the molecule is CNC(=O)c1ccc(CN(C)C(=O)C(C)(C)N)cc1. The molecular weight excluding hydrogens is 242 g/mol. The van der Waals surface area contributed by atoms with Gasteiger partial charge in [-0.05, 0) is 31.5 Å². The Kier molecular flexibility index (Phi) is 4.67. The third kappa shape index (κ3) is 4.06. The van der Waals surface area contributed by atoms with Crippen molar-refractivity contribution in [3.63, 3.8) is 0 Å². The molecule has 0 fully saturated rings. The van der Waals surface area contributed by atoms with Crippen LogP contribution in [0.1, 0.15) is 29.8 Å². The van der Waals surface area contributed by atoms with Gasteiger partial charge in [0.2, 0.25) is 5.91 Å². The molecular formula is C14H21N3O2. The van der Waals surface area contributed by atoms with E-state index in [9.17, 15) is 9.59 Å². The van der Waals surface area contributed by atoms with Crippen LogP contribution in [-0.2, 0) is 11.3 Å². The number of benzene rings is 1. The van der Waals surface area contributed by atoms with Gasteiger partial charge in [-0.15, -0.1) is 0 Å². The lowest BCUT2D eigenvalue weighted by atomic mass is 10.0. The van der Waals surface area contributed by atoms with Crippen LogP contribution in [0.25, 0.3) is 0 Å². The summed E-state index contributed by atoms with van der Waals surface area (Å²) in [5.41, 5.74) is 6.44. The molecule has 3 N–H and O–H groups in total. The van der Waals surface area contributed by atoms with Crippen molar-refractivity contribution in [2.24, 2.45) is 5.73 Å². The number of amides is 2. The normalized spacial score (nSPS) is 11.0. The molecule has 0 aliphatic carbocycles. The second-order valence-electron chi connectivity index (χ2n) is 5.16. The lowest BCUT2D eigenvalue weighted by molar-refractivity contribution is -0.135. The Bertz CT molecular complexity index is 461. The Morgan fingerprint density at radius 3 is 2.21 bits per heavy atom. The zero-order valence-electron chi connectivity index (χ0n) is 11.9. The van der Waals surface area contributed by atoms with Gasteiger partial charge in [0.05, 0.1) is 5.54 Å². The maximum absolute atomic E-state index is 11.9. The number of carbonyl (C=O) groups is 2. The molecule has 104 valence electrons. The molecule has 0 bridgehead atoms. The average Bonchev–Trinajstić information content (AvgIpc) is 2.36. The summed E-state index contributed by atoms with van der Waals surface area (Å²) in [5.74, 6) is -0.248. The van der Waals surface area contributed by atoms with Crippen molar-refractivity contribution in [2.75, 3.05) is 14.1 Å². The van der Waals surface area contributed by atoms with Gasteiger partial charge in [0.1, 0.15) is 0 Å². The predicted molar refractivity (Wildman–Crippen MR) is 74.6 cm³/mol. The number of nitrogens with one attached hydrogen (secondary N) is 1. The van der Waals surface area contributed by atoms with Gasteiger partial charge in [-0.25, -0.2) is 0 Å². The van der Waals surface area contributed by atoms with Crippen LogP contribution in [0.3, 0.4) is 0 Å². The van der Waals surface area contributed by atoms with Crippen LogP contribution in [0.15, 0.2) is 24.3 Å². The average molecular weight is 263 g/mol. The fraction of sp³-hybridized carbons (Fsp3) is 0.429. The van der Waals surface area contributed by atoms with E-state index in [-0.39, 0.29) is 11.8 Å². The van der Waals surface area contributed by atoms with Crippen molar-refractivity contribution in [3.05, 3.63) is 35.4 Å². The number of hydrogen-bond donors (Lipinski definition) is 2. The van der Waals surface area contributed by atoms with Gasteiger partial charge in [-0.2, -0.15) is 0 Å². The predicted octanol–water partition coefficient (Wildman–Crippen LogP) is 0.742. The largest absolute Gasteiger partial charge is 0.355 e. The Balaban J connectivity index is 2.73. The maximum atomic E-state index is 11.9. The summed E-state index contributed by atoms with van der Waals surface area (Å²) in [4.78, 5) is 24.9. The Hall–Kier alpha value is -1.88. The van der Waals surface area contributed by atoms with Crippen molar-refractivity contribution < 1.29 is 9.59 Å². The third-order valence-electron chi connectivity index (χ3n) is 2.76. The first-order valence-electron chi connectivity index (χ1n) is 6.11. The second-order valence-corrected chi connectivity index (χ2v) is 5.16. The first kappa shape index (κ1) is 15.2. The van der Waals surface area contributed by atoms with Crippen LogP contribution in [0.4, 0.5) is 0 Å². The molecule has 0 radical (unpaired) electrons. The summed E-state index contributed by atoms with van der Waals surface area (Å²) in [6.45, 7) is 3.83. The fourth-order valence-electron chi connectivity index (χ4n) is 1.74. The van der Waals surface area contributed by atoms with Crippen molar-refractivity contribution >= 4 is 11.8 Å². The molecule has 0 atom stereocenters. The van der Waals surface area contributed by atoms with E-state index in [0.29, 0.717) is 12.1 Å². The first-order valence-corrected chi connectivity index (χ1v) is 6.11. The molecule has 19 heavy (non-hydrogen) atoms. The smallest absolute Gasteiger partial charge is 0.251 e. The molecule has 0 saturated carbocycles. The quantitative estimate of drug-likeness (QED) is 0.841. The number of rotatable bonds is 4. The number of likely N-dealkylation sites (N-methyl/N-ethyl adjacent to an activating group) is 1. The van der Waals surface area contributed by atoms with E-state index >= 15 is 0 Å². The number of carbonyl (C=O) groups excluding carboxylic acids is 2. The van der Waals surface area contributed by atoms with Gasteiger partial charge in [0, 0.05) is 26.2 Å². The molecule has 0 aliphatic rings. The summed E-state index contributed by atoms with van der Waals surface area (Å²) in [6.07, 6.45) is 0. The molecule has 0 heterocycles. The Morgan fingerprint density at radius 2 is 1.79 bits per heavy atom. The van der Waals surface area contributed by atoms with Gasteiger partial charge in [0.15, 0.2) is 0 Å². The van der Waals surface area contributed by atoms with Gasteiger partial charge >= 0.3 is 0 Å². The Labute approximate surface area is 113 Å². The van der Waals surface area contributed by atoms with Crippen LogP contribution < -0.4 is 11.1 Å². The number of hydrogen-bond acceptors (Lipinski definition) is 3. The summed E-state index contributed by atoms with van der Waals surface area (Å²) >= 11 is 0. The first-order chi connectivity index (χ1) is 8.75. The van der Waals surface area contributed by atoms with E-state index in [0.717, 1.165) is 5.56 Å². The molecule has 5 heteroatoms. The minimum absolute atomic E-state index is 0.122. The molecule has 0 spiro atoms. The highest BCUT2D eigenvalue weighted by Crippen LogP contribution is 2.10. The topological polar surface area (TPSA) is 75.4 Å². The molecule has 1 rings (SSSR count). The summed E-state index contributed by atoms with van der Waals surface area (Å²) in [7, 11) is 3.30. The van der Waals surface area contributed by atoms with Crippen molar-refractivity contribution in [2.45, 2.75) is 25.9 Å². The van der Waals surface area contributed by atoms with E-state index in [1.165, 1.54) is 0 Å². The van der Waals surface area contributed by atoms with Crippen LogP contribution in [0.2, 0.25) is 0 Å². The fourth-order valence-corrected chi connectivity index (χ4v) is 1.74. The zero-order chi connectivity index (χ0) is 14.6. The minimum atomic E-state index is -0.878. The van der Waals surface area contributed by atoms with Crippen LogP contribution >= 0.6 is 0 Å². The Morgan fingerprint density at radius 1 is 1.26 bits per heavy atom. The maximum Gasteiger partial charge on any atom is 0.251 e. The van der Waals surface area contributed by atoms with Crippen LogP contribution in [-0.4, -0.2) is 36.3 Å². The van der Waals surface area contributed by atoms with Gasteiger partial charge in [-0.1, -0.05) is 12.1 Å². The standard InChI is InChI=1S/C14H21N3O2/c1-14(2,15)13(19)17(4)9-10-5-7-11(8-6-10)12(18)16-3/h5-8H,9,15H2,1-4H3,(H,16,18). The molecule has 0 saturated heterocycles. The van der Waals surface area contributed by atoms with E-state index in [2.05, 4.69) is 5.32 Å². The number of nitrogens with zero attached hydrogens (tertiary/aromatic N) is 1. The summed E-state index contributed by atoms with van der Waals surface area (Å²) in [5, 5.41) is 2.56.